The van der Waals surface area contributed by atoms with E-state index in [1.54, 1.807) is 48.0 Å². The SMILES string of the molecule is CCOC(=O)c1cc2nccc(-c3cccc(N=[N+]=[N-])c3)n2n1. The predicted molar refractivity (Wildman–Crippen MR) is 83.2 cm³/mol. The van der Waals surface area contributed by atoms with Gasteiger partial charge in [-0.1, -0.05) is 23.3 Å². The lowest BCUT2D eigenvalue weighted by Gasteiger charge is -2.05. The van der Waals surface area contributed by atoms with Crippen molar-refractivity contribution in [3.8, 4) is 11.3 Å². The molecule has 0 fully saturated rings. The van der Waals surface area contributed by atoms with Crippen LogP contribution in [0.3, 0.4) is 0 Å². The van der Waals surface area contributed by atoms with Crippen LogP contribution in [0.25, 0.3) is 27.3 Å². The van der Waals surface area contributed by atoms with Crippen molar-refractivity contribution in [2.24, 2.45) is 5.11 Å². The van der Waals surface area contributed by atoms with Crippen LogP contribution in [0.4, 0.5) is 5.69 Å². The molecule has 1 aromatic carbocycles. The first-order chi connectivity index (χ1) is 11.2. The maximum atomic E-state index is 11.8. The summed E-state index contributed by atoms with van der Waals surface area (Å²) in [7, 11) is 0. The molecule has 0 N–H and O–H groups in total. The monoisotopic (exact) mass is 308 g/mol. The smallest absolute Gasteiger partial charge is 0.358 e. The summed E-state index contributed by atoms with van der Waals surface area (Å²) < 4.78 is 6.51. The molecule has 0 saturated carbocycles. The summed E-state index contributed by atoms with van der Waals surface area (Å²) >= 11 is 0. The molecule has 2 heterocycles. The number of azide groups is 1. The third-order valence-electron chi connectivity index (χ3n) is 3.14. The van der Waals surface area contributed by atoms with Gasteiger partial charge in [-0.25, -0.2) is 14.3 Å². The second kappa shape index (κ2) is 6.17. The molecule has 0 unspecified atom stereocenters. The van der Waals surface area contributed by atoms with Gasteiger partial charge in [0, 0.05) is 28.4 Å². The predicted octanol–water partition coefficient (Wildman–Crippen LogP) is 3.51. The van der Waals surface area contributed by atoms with Crippen LogP contribution < -0.4 is 0 Å². The van der Waals surface area contributed by atoms with Gasteiger partial charge in [-0.3, -0.25) is 0 Å². The number of benzene rings is 1. The van der Waals surface area contributed by atoms with Crippen LogP contribution in [0.5, 0.6) is 0 Å². The van der Waals surface area contributed by atoms with E-state index >= 15 is 0 Å². The highest BCUT2D eigenvalue weighted by atomic mass is 16.5. The molecule has 0 spiro atoms. The van der Waals surface area contributed by atoms with Crippen LogP contribution in [0.1, 0.15) is 17.4 Å². The first-order valence-corrected chi connectivity index (χ1v) is 6.90. The Morgan fingerprint density at radius 1 is 1.39 bits per heavy atom. The number of esters is 1. The molecule has 23 heavy (non-hydrogen) atoms. The fraction of sp³-hybridized carbons (Fsp3) is 0.133. The van der Waals surface area contributed by atoms with Crippen molar-refractivity contribution < 1.29 is 9.53 Å². The molecule has 0 radical (unpaired) electrons. The number of fused-ring (bicyclic) bond motifs is 1. The minimum atomic E-state index is -0.494. The molecule has 2 aromatic heterocycles. The second-order valence-corrected chi connectivity index (χ2v) is 4.59. The van der Waals surface area contributed by atoms with E-state index in [1.165, 1.54) is 0 Å². The molecule has 0 amide bonds. The van der Waals surface area contributed by atoms with E-state index in [1.807, 2.05) is 6.07 Å². The lowest BCUT2D eigenvalue weighted by Crippen LogP contribution is -2.05. The summed E-state index contributed by atoms with van der Waals surface area (Å²) in [5, 5.41) is 7.85. The molecule has 114 valence electrons. The zero-order valence-corrected chi connectivity index (χ0v) is 12.2. The average Bonchev–Trinajstić information content (AvgIpc) is 3.00. The molecule has 3 rings (SSSR count). The van der Waals surface area contributed by atoms with Crippen molar-refractivity contribution in [1.29, 1.82) is 0 Å². The summed E-state index contributed by atoms with van der Waals surface area (Å²) in [5.41, 5.74) is 11.3. The first-order valence-electron chi connectivity index (χ1n) is 6.90. The first kappa shape index (κ1) is 14.6. The Morgan fingerprint density at radius 3 is 3.04 bits per heavy atom. The zero-order chi connectivity index (χ0) is 16.2. The second-order valence-electron chi connectivity index (χ2n) is 4.59. The lowest BCUT2D eigenvalue weighted by molar-refractivity contribution is 0.0519. The molecular weight excluding hydrogens is 296 g/mol. The highest BCUT2D eigenvalue weighted by molar-refractivity contribution is 5.88. The Hall–Kier alpha value is -3.38. The van der Waals surface area contributed by atoms with E-state index < -0.39 is 5.97 Å². The lowest BCUT2D eigenvalue weighted by atomic mass is 10.1. The van der Waals surface area contributed by atoms with Gasteiger partial charge in [0.15, 0.2) is 11.3 Å². The van der Waals surface area contributed by atoms with Gasteiger partial charge in [0.2, 0.25) is 0 Å². The normalized spacial score (nSPS) is 10.3. The summed E-state index contributed by atoms with van der Waals surface area (Å²) in [6, 6.07) is 10.4. The highest BCUT2D eigenvalue weighted by Crippen LogP contribution is 2.24. The molecular formula is C15H12N6O2. The minimum Gasteiger partial charge on any atom is -0.461 e. The molecule has 0 aliphatic carbocycles. The quantitative estimate of drug-likeness (QED) is 0.318. The fourth-order valence-electron chi connectivity index (χ4n) is 2.20. The van der Waals surface area contributed by atoms with Gasteiger partial charge >= 0.3 is 5.97 Å². The van der Waals surface area contributed by atoms with E-state index in [2.05, 4.69) is 20.1 Å². The Morgan fingerprint density at radius 2 is 2.26 bits per heavy atom. The van der Waals surface area contributed by atoms with Gasteiger partial charge in [0.05, 0.1) is 12.3 Å². The highest BCUT2D eigenvalue weighted by Gasteiger charge is 2.14. The molecule has 0 atom stereocenters. The van der Waals surface area contributed by atoms with E-state index in [0.29, 0.717) is 11.3 Å². The third-order valence-corrected chi connectivity index (χ3v) is 3.14. The summed E-state index contributed by atoms with van der Waals surface area (Å²) in [6.45, 7) is 2.01. The number of hydrogen-bond acceptors (Lipinski definition) is 5. The van der Waals surface area contributed by atoms with Crippen molar-refractivity contribution >= 4 is 17.3 Å². The van der Waals surface area contributed by atoms with E-state index in [0.717, 1.165) is 11.3 Å². The Labute approximate surface area is 131 Å². The van der Waals surface area contributed by atoms with Crippen molar-refractivity contribution in [3.05, 3.63) is 58.7 Å². The number of aromatic nitrogens is 3. The van der Waals surface area contributed by atoms with Crippen molar-refractivity contribution in [2.75, 3.05) is 6.61 Å². The molecule has 8 nitrogen and oxygen atoms in total. The van der Waals surface area contributed by atoms with E-state index in [9.17, 15) is 4.79 Å². The van der Waals surface area contributed by atoms with Gasteiger partial charge in [-0.15, -0.1) is 0 Å². The van der Waals surface area contributed by atoms with Gasteiger partial charge < -0.3 is 4.74 Å². The number of ether oxygens (including phenoxy) is 1. The van der Waals surface area contributed by atoms with Gasteiger partial charge in [-0.2, -0.15) is 5.10 Å². The number of carbonyl (C=O) groups is 1. The summed E-state index contributed by atoms with van der Waals surface area (Å²) in [5.74, 6) is -0.494. The topological polar surface area (TPSA) is 105 Å². The molecule has 0 saturated heterocycles. The Kier molecular flexibility index (Phi) is 3.90. The number of hydrogen-bond donors (Lipinski definition) is 0. The molecule has 8 heteroatoms. The van der Waals surface area contributed by atoms with Crippen molar-refractivity contribution in [2.45, 2.75) is 6.92 Å². The van der Waals surface area contributed by atoms with Gasteiger partial charge in [-0.05, 0) is 24.6 Å². The maximum Gasteiger partial charge on any atom is 0.358 e. The van der Waals surface area contributed by atoms with E-state index in [4.69, 9.17) is 10.3 Å². The van der Waals surface area contributed by atoms with Crippen molar-refractivity contribution in [1.82, 2.24) is 14.6 Å². The largest absolute Gasteiger partial charge is 0.461 e. The van der Waals surface area contributed by atoms with Crippen LogP contribution >= 0.6 is 0 Å². The maximum absolute atomic E-state index is 11.8. The van der Waals surface area contributed by atoms with Crippen LogP contribution in [0.2, 0.25) is 0 Å². The van der Waals surface area contributed by atoms with Crippen LogP contribution in [-0.4, -0.2) is 27.2 Å². The fourth-order valence-corrected chi connectivity index (χ4v) is 2.20. The molecule has 3 aromatic rings. The zero-order valence-electron chi connectivity index (χ0n) is 12.2. The van der Waals surface area contributed by atoms with Gasteiger partial charge in [0.1, 0.15) is 0 Å². The minimum absolute atomic E-state index is 0.193. The standard InChI is InChI=1S/C15H12N6O2/c1-2-23-15(22)12-9-14-17-7-6-13(21(14)19-12)10-4-3-5-11(8-10)18-20-16/h3-9H,2H2,1H3. The molecule has 0 aliphatic rings. The third kappa shape index (κ3) is 2.83. The van der Waals surface area contributed by atoms with Gasteiger partial charge in [0.25, 0.3) is 0 Å². The Bertz CT molecular complexity index is 927. The van der Waals surface area contributed by atoms with E-state index in [-0.39, 0.29) is 12.3 Å². The number of nitrogens with zero attached hydrogens (tertiary/aromatic N) is 6. The number of carbonyl (C=O) groups excluding carboxylic acids is 1. The average molecular weight is 308 g/mol. The molecule has 0 bridgehead atoms. The van der Waals surface area contributed by atoms with Crippen LogP contribution in [0, 0.1) is 0 Å². The van der Waals surface area contributed by atoms with Crippen molar-refractivity contribution in [3.63, 3.8) is 0 Å². The summed E-state index contributed by atoms with van der Waals surface area (Å²) in [6.07, 6.45) is 1.63. The Balaban J connectivity index is 2.12. The van der Waals surface area contributed by atoms with Crippen LogP contribution in [0.15, 0.2) is 47.7 Å². The summed E-state index contributed by atoms with van der Waals surface area (Å²) in [4.78, 5) is 18.8. The number of rotatable bonds is 4. The molecule has 0 aliphatic heterocycles. The van der Waals surface area contributed by atoms with Crippen LogP contribution in [-0.2, 0) is 4.74 Å².